The van der Waals surface area contributed by atoms with Crippen molar-refractivity contribution in [2.45, 2.75) is 18.9 Å². The molecule has 3 saturated heterocycles. The van der Waals surface area contributed by atoms with Gasteiger partial charge in [-0.3, -0.25) is 4.79 Å². The number of urea groups is 2. The van der Waals surface area contributed by atoms with Crippen molar-refractivity contribution in [3.63, 3.8) is 0 Å². The molecule has 2 unspecified atom stereocenters. The van der Waals surface area contributed by atoms with Crippen LogP contribution in [0, 0.1) is 5.92 Å². The summed E-state index contributed by atoms with van der Waals surface area (Å²) in [5, 5.41) is 11.6. The maximum atomic E-state index is 12.5. The summed E-state index contributed by atoms with van der Waals surface area (Å²) >= 11 is 0. The molecule has 3 fully saturated rings. The number of likely N-dealkylation sites (tertiary alicyclic amines) is 1. The lowest BCUT2D eigenvalue weighted by molar-refractivity contribution is -0.138. The second kappa shape index (κ2) is 5.42. The van der Waals surface area contributed by atoms with Gasteiger partial charge in [-0.15, -0.1) is 0 Å². The van der Waals surface area contributed by atoms with Crippen molar-refractivity contribution in [2.24, 2.45) is 5.92 Å². The lowest BCUT2D eigenvalue weighted by atomic mass is 10.1. The predicted molar refractivity (Wildman–Crippen MR) is 72.8 cm³/mol. The summed E-state index contributed by atoms with van der Waals surface area (Å²) in [4.78, 5) is 40.1. The molecule has 0 saturated carbocycles. The summed E-state index contributed by atoms with van der Waals surface area (Å²) in [6.07, 6.45) is 0.875. The summed E-state index contributed by atoms with van der Waals surface area (Å²) in [5.41, 5.74) is 0. The normalized spacial score (nSPS) is 28.6. The number of nitrogens with zero attached hydrogens (tertiary/aromatic N) is 3. The van der Waals surface area contributed by atoms with Gasteiger partial charge in [-0.25, -0.2) is 9.59 Å². The molecule has 4 amide bonds. The van der Waals surface area contributed by atoms with E-state index in [0.717, 1.165) is 6.42 Å². The Hall–Kier alpha value is -1.99. The summed E-state index contributed by atoms with van der Waals surface area (Å²) in [6, 6.07) is -0.00991. The van der Waals surface area contributed by atoms with Crippen LogP contribution >= 0.6 is 0 Å². The molecule has 8 nitrogen and oxygen atoms in total. The molecule has 8 heteroatoms. The van der Waals surface area contributed by atoms with Gasteiger partial charge in [0.25, 0.3) is 0 Å². The number of carbonyl (C=O) groups is 3. The number of rotatable bonds is 2. The minimum atomic E-state index is -0.807. The molecule has 3 aliphatic rings. The van der Waals surface area contributed by atoms with Crippen LogP contribution in [0.1, 0.15) is 12.8 Å². The number of fused-ring (bicyclic) bond motifs is 1. The number of piperazine rings is 1. The van der Waals surface area contributed by atoms with Crippen LogP contribution in [0.3, 0.4) is 0 Å². The molecule has 2 atom stereocenters. The SMILES string of the molecule is O=C(O)CC1CCN(C(=O)N2CCN3C(=O)NCC3C2)C1. The highest BCUT2D eigenvalue weighted by atomic mass is 16.4. The molecule has 0 bridgehead atoms. The molecule has 0 aromatic carbocycles. The van der Waals surface area contributed by atoms with Crippen molar-refractivity contribution in [3.8, 4) is 0 Å². The highest BCUT2D eigenvalue weighted by Gasteiger charge is 2.39. The third-order valence-corrected chi connectivity index (χ3v) is 4.52. The Morgan fingerprint density at radius 3 is 2.71 bits per heavy atom. The van der Waals surface area contributed by atoms with Gasteiger partial charge in [0, 0.05) is 45.7 Å². The van der Waals surface area contributed by atoms with E-state index in [1.807, 2.05) is 0 Å². The molecular formula is C13H20N4O4. The quantitative estimate of drug-likeness (QED) is 0.726. The van der Waals surface area contributed by atoms with Crippen LogP contribution in [0.4, 0.5) is 9.59 Å². The maximum absolute atomic E-state index is 12.5. The first-order valence-electron chi connectivity index (χ1n) is 7.34. The Kier molecular flexibility index (Phi) is 3.60. The van der Waals surface area contributed by atoms with Gasteiger partial charge in [-0.2, -0.15) is 0 Å². The molecule has 116 valence electrons. The second-order valence-electron chi connectivity index (χ2n) is 5.96. The van der Waals surface area contributed by atoms with E-state index in [-0.39, 0.29) is 30.4 Å². The molecule has 0 spiro atoms. The summed E-state index contributed by atoms with van der Waals surface area (Å²) in [6.45, 7) is 3.39. The van der Waals surface area contributed by atoms with E-state index in [1.165, 1.54) is 0 Å². The number of carbonyl (C=O) groups excluding carboxylic acids is 2. The lowest BCUT2D eigenvalue weighted by Gasteiger charge is -2.38. The Labute approximate surface area is 122 Å². The standard InChI is InChI=1S/C13H20N4O4/c18-11(19)5-9-1-2-15(7-9)13(21)16-3-4-17-10(8-16)6-14-12(17)20/h9-10H,1-8H2,(H,14,20)(H,18,19). The third-order valence-electron chi connectivity index (χ3n) is 4.52. The number of amides is 4. The van der Waals surface area contributed by atoms with E-state index in [1.54, 1.807) is 14.7 Å². The minimum absolute atomic E-state index is 0.0260. The average Bonchev–Trinajstić information content (AvgIpc) is 3.05. The lowest BCUT2D eigenvalue weighted by Crippen LogP contribution is -2.56. The van der Waals surface area contributed by atoms with Crippen LogP contribution in [-0.2, 0) is 4.79 Å². The van der Waals surface area contributed by atoms with Gasteiger partial charge in [0.15, 0.2) is 0 Å². The molecule has 0 radical (unpaired) electrons. The van der Waals surface area contributed by atoms with E-state index < -0.39 is 5.97 Å². The first kappa shape index (κ1) is 14.0. The van der Waals surface area contributed by atoms with E-state index in [2.05, 4.69) is 5.32 Å². The number of hydrogen-bond donors (Lipinski definition) is 2. The van der Waals surface area contributed by atoms with Gasteiger partial charge >= 0.3 is 18.0 Å². The van der Waals surface area contributed by atoms with E-state index >= 15 is 0 Å². The Morgan fingerprint density at radius 2 is 1.95 bits per heavy atom. The third kappa shape index (κ3) is 2.74. The Balaban J connectivity index is 1.55. The largest absolute Gasteiger partial charge is 0.481 e. The molecule has 21 heavy (non-hydrogen) atoms. The van der Waals surface area contributed by atoms with Gasteiger partial charge in [0.05, 0.1) is 6.04 Å². The molecule has 2 N–H and O–H groups in total. The second-order valence-corrected chi connectivity index (χ2v) is 5.96. The van der Waals surface area contributed by atoms with Crippen molar-refractivity contribution in [2.75, 3.05) is 39.3 Å². The number of hydrogen-bond acceptors (Lipinski definition) is 3. The van der Waals surface area contributed by atoms with Crippen LogP contribution in [0.25, 0.3) is 0 Å². The smallest absolute Gasteiger partial charge is 0.320 e. The molecule has 3 rings (SSSR count). The number of nitrogens with one attached hydrogen (secondary N) is 1. The highest BCUT2D eigenvalue weighted by molar-refractivity contribution is 5.79. The zero-order valence-corrected chi connectivity index (χ0v) is 11.8. The molecular weight excluding hydrogens is 276 g/mol. The van der Waals surface area contributed by atoms with E-state index in [9.17, 15) is 14.4 Å². The van der Waals surface area contributed by atoms with Crippen LogP contribution in [-0.4, -0.2) is 83.1 Å². The van der Waals surface area contributed by atoms with Gasteiger partial charge in [-0.1, -0.05) is 0 Å². The van der Waals surface area contributed by atoms with Crippen molar-refractivity contribution in [1.82, 2.24) is 20.0 Å². The first-order chi connectivity index (χ1) is 10.0. The van der Waals surface area contributed by atoms with Crippen LogP contribution < -0.4 is 5.32 Å². The summed E-state index contributed by atoms with van der Waals surface area (Å²) in [7, 11) is 0. The molecule has 3 aliphatic heterocycles. The van der Waals surface area contributed by atoms with E-state index in [4.69, 9.17) is 5.11 Å². The van der Waals surface area contributed by atoms with E-state index in [0.29, 0.717) is 39.3 Å². The predicted octanol–water partition coefficient (Wildman–Crippen LogP) is -0.388. The van der Waals surface area contributed by atoms with Gasteiger partial charge < -0.3 is 25.1 Å². The average molecular weight is 296 g/mol. The van der Waals surface area contributed by atoms with Gasteiger partial charge in [0.1, 0.15) is 0 Å². The fourth-order valence-corrected chi connectivity index (χ4v) is 3.40. The molecule has 0 aliphatic carbocycles. The fraction of sp³-hybridized carbons (Fsp3) is 0.769. The molecule has 0 aromatic rings. The van der Waals surface area contributed by atoms with Crippen molar-refractivity contribution < 1.29 is 19.5 Å². The zero-order chi connectivity index (χ0) is 15.0. The van der Waals surface area contributed by atoms with Crippen molar-refractivity contribution in [3.05, 3.63) is 0 Å². The van der Waals surface area contributed by atoms with Crippen LogP contribution in [0.2, 0.25) is 0 Å². The topological polar surface area (TPSA) is 93.2 Å². The highest BCUT2D eigenvalue weighted by Crippen LogP contribution is 2.22. The number of carboxylic acid groups (broad SMARTS) is 1. The van der Waals surface area contributed by atoms with Gasteiger partial charge in [0.2, 0.25) is 0 Å². The number of carboxylic acids is 1. The Bertz CT molecular complexity index is 469. The first-order valence-corrected chi connectivity index (χ1v) is 7.34. The number of aliphatic carboxylic acids is 1. The van der Waals surface area contributed by atoms with Crippen LogP contribution in [0.15, 0.2) is 0 Å². The monoisotopic (exact) mass is 296 g/mol. The zero-order valence-electron chi connectivity index (χ0n) is 11.8. The molecule has 3 heterocycles. The van der Waals surface area contributed by atoms with Crippen molar-refractivity contribution >= 4 is 18.0 Å². The molecule has 0 aromatic heterocycles. The Morgan fingerprint density at radius 1 is 1.19 bits per heavy atom. The van der Waals surface area contributed by atoms with Crippen LogP contribution in [0.5, 0.6) is 0 Å². The minimum Gasteiger partial charge on any atom is -0.481 e. The summed E-state index contributed by atoms with van der Waals surface area (Å²) < 4.78 is 0. The summed E-state index contributed by atoms with van der Waals surface area (Å²) in [5.74, 6) is -0.749. The maximum Gasteiger partial charge on any atom is 0.320 e. The van der Waals surface area contributed by atoms with Gasteiger partial charge in [-0.05, 0) is 12.3 Å². The fourth-order valence-electron chi connectivity index (χ4n) is 3.40. The van der Waals surface area contributed by atoms with Crippen molar-refractivity contribution in [1.29, 1.82) is 0 Å².